The van der Waals surface area contributed by atoms with Gasteiger partial charge >= 0.3 is 0 Å². The third kappa shape index (κ3) is 3.67. The van der Waals surface area contributed by atoms with Crippen LogP contribution in [-0.4, -0.2) is 27.5 Å². The minimum absolute atomic E-state index is 0.0848. The lowest BCUT2D eigenvalue weighted by Gasteiger charge is -2.18. The molecule has 0 radical (unpaired) electrons. The van der Waals surface area contributed by atoms with Crippen molar-refractivity contribution in [1.29, 1.82) is 0 Å². The lowest BCUT2D eigenvalue weighted by molar-refractivity contribution is -0.384. The molecule has 0 aliphatic carbocycles. The molecule has 0 unspecified atom stereocenters. The van der Waals surface area contributed by atoms with Crippen molar-refractivity contribution in [3.63, 3.8) is 0 Å². The first kappa shape index (κ1) is 13.4. The zero-order chi connectivity index (χ0) is 13.2. The molecule has 1 aromatic rings. The maximum atomic E-state index is 11.8. The van der Waals surface area contributed by atoms with Gasteiger partial charge in [-0.25, -0.2) is 0 Å². The van der Waals surface area contributed by atoms with E-state index in [4.69, 9.17) is 4.74 Å². The van der Waals surface area contributed by atoms with Crippen LogP contribution in [0.3, 0.4) is 0 Å². The fraction of sp³-hybridized carbons (Fsp3) is 0.545. The summed E-state index contributed by atoms with van der Waals surface area (Å²) in [5, 5.41) is 10.6. The van der Waals surface area contributed by atoms with E-state index in [-0.39, 0.29) is 23.8 Å². The third-order valence-electron chi connectivity index (χ3n) is 2.12. The molecule has 0 aliphatic rings. The Morgan fingerprint density at radius 1 is 1.53 bits per heavy atom. The highest BCUT2D eigenvalue weighted by Gasteiger charge is 2.19. The molecule has 17 heavy (non-hydrogen) atoms. The molecule has 94 valence electrons. The molecule has 0 spiro atoms. The quantitative estimate of drug-likeness (QED) is 0.458. The van der Waals surface area contributed by atoms with Crippen LogP contribution in [0.1, 0.15) is 31.3 Å². The number of carbonyl (C=O) groups is 1. The molecule has 1 rings (SSSR count). The number of aryl methyl sites for hydroxylation is 1. The van der Waals surface area contributed by atoms with E-state index in [1.807, 2.05) is 20.8 Å². The lowest BCUT2D eigenvalue weighted by Crippen LogP contribution is -2.24. The van der Waals surface area contributed by atoms with Crippen molar-refractivity contribution in [3.8, 4) is 0 Å². The van der Waals surface area contributed by atoms with Gasteiger partial charge in [-0.3, -0.25) is 14.9 Å². The van der Waals surface area contributed by atoms with Gasteiger partial charge < -0.3 is 9.30 Å². The Labute approximate surface area is 99.3 Å². The van der Waals surface area contributed by atoms with E-state index >= 15 is 0 Å². The van der Waals surface area contributed by atoms with E-state index in [2.05, 4.69) is 0 Å². The molecule has 0 bridgehead atoms. The summed E-state index contributed by atoms with van der Waals surface area (Å²) >= 11 is 0. The van der Waals surface area contributed by atoms with E-state index in [0.29, 0.717) is 0 Å². The van der Waals surface area contributed by atoms with Gasteiger partial charge in [-0.15, -0.1) is 0 Å². The molecular formula is C11H16N2O4. The number of rotatable bonds is 4. The van der Waals surface area contributed by atoms with Gasteiger partial charge in [0.15, 0.2) is 0 Å². The van der Waals surface area contributed by atoms with Gasteiger partial charge in [0.2, 0.25) is 5.78 Å². The first-order chi connectivity index (χ1) is 7.70. The second-order valence-corrected chi connectivity index (χ2v) is 4.78. The van der Waals surface area contributed by atoms with Crippen LogP contribution in [0.5, 0.6) is 0 Å². The summed E-state index contributed by atoms with van der Waals surface area (Å²) in [6.45, 7) is 5.44. The molecule has 1 heterocycles. The maximum Gasteiger partial charge on any atom is 0.287 e. The number of ether oxygens (including phenoxy) is 1. The second kappa shape index (κ2) is 4.67. The minimum Gasteiger partial charge on any atom is -0.368 e. The molecule has 0 N–H and O–H groups in total. The van der Waals surface area contributed by atoms with Crippen LogP contribution in [0.4, 0.5) is 5.69 Å². The van der Waals surface area contributed by atoms with Crippen molar-refractivity contribution < 1.29 is 14.5 Å². The van der Waals surface area contributed by atoms with Crippen molar-refractivity contribution in [2.24, 2.45) is 7.05 Å². The Morgan fingerprint density at radius 2 is 2.12 bits per heavy atom. The third-order valence-corrected chi connectivity index (χ3v) is 2.12. The number of Topliss-reactive ketones (excluding diaryl/α,β-unsaturated/α-hetero) is 1. The Bertz CT molecular complexity index is 443. The number of aromatic nitrogens is 1. The number of hydrogen-bond donors (Lipinski definition) is 0. The van der Waals surface area contributed by atoms with Gasteiger partial charge in [0, 0.05) is 13.1 Å². The van der Waals surface area contributed by atoms with Gasteiger partial charge in [0.1, 0.15) is 6.61 Å². The molecule has 6 heteroatoms. The minimum atomic E-state index is -0.526. The molecule has 0 aromatic carbocycles. The highest BCUT2D eigenvalue weighted by molar-refractivity contribution is 5.96. The Morgan fingerprint density at radius 3 is 2.53 bits per heavy atom. The summed E-state index contributed by atoms with van der Waals surface area (Å²) in [6, 6.07) is 1.26. The zero-order valence-electron chi connectivity index (χ0n) is 10.4. The van der Waals surface area contributed by atoms with E-state index in [9.17, 15) is 14.9 Å². The van der Waals surface area contributed by atoms with Crippen molar-refractivity contribution in [3.05, 3.63) is 28.1 Å². The average molecular weight is 240 g/mol. The fourth-order valence-electron chi connectivity index (χ4n) is 1.28. The average Bonchev–Trinajstić information content (AvgIpc) is 2.56. The Hall–Kier alpha value is -1.69. The van der Waals surface area contributed by atoms with Crippen molar-refractivity contribution >= 4 is 11.5 Å². The lowest BCUT2D eigenvalue weighted by atomic mass is 10.2. The largest absolute Gasteiger partial charge is 0.368 e. The molecule has 0 atom stereocenters. The van der Waals surface area contributed by atoms with Crippen LogP contribution < -0.4 is 0 Å². The van der Waals surface area contributed by atoms with Gasteiger partial charge in [-0.05, 0) is 20.8 Å². The summed E-state index contributed by atoms with van der Waals surface area (Å²) in [5.74, 6) is -0.268. The monoisotopic (exact) mass is 240 g/mol. The van der Waals surface area contributed by atoms with E-state index in [1.54, 1.807) is 7.05 Å². The predicted octanol–water partition coefficient (Wildman–Crippen LogP) is 1.93. The first-order valence-electron chi connectivity index (χ1n) is 5.18. The molecular weight excluding hydrogens is 224 g/mol. The van der Waals surface area contributed by atoms with E-state index in [1.165, 1.54) is 16.8 Å². The first-order valence-corrected chi connectivity index (χ1v) is 5.18. The predicted molar refractivity (Wildman–Crippen MR) is 62.1 cm³/mol. The summed E-state index contributed by atoms with van der Waals surface area (Å²) < 4.78 is 6.77. The van der Waals surface area contributed by atoms with E-state index < -0.39 is 10.5 Å². The number of nitrogens with zero attached hydrogens (tertiary/aromatic N) is 2. The highest BCUT2D eigenvalue weighted by atomic mass is 16.6. The zero-order valence-corrected chi connectivity index (χ0v) is 10.4. The van der Waals surface area contributed by atoms with E-state index in [0.717, 1.165) is 0 Å². The topological polar surface area (TPSA) is 74.4 Å². The van der Waals surface area contributed by atoms with Crippen LogP contribution in [0.25, 0.3) is 0 Å². The number of hydrogen-bond acceptors (Lipinski definition) is 4. The van der Waals surface area contributed by atoms with Gasteiger partial charge in [-0.2, -0.15) is 0 Å². The Kier molecular flexibility index (Phi) is 3.67. The number of nitro groups is 1. The number of ketones is 1. The Balaban J connectivity index is 2.79. The van der Waals surface area contributed by atoms with Gasteiger partial charge in [0.05, 0.1) is 22.4 Å². The van der Waals surface area contributed by atoms with Gasteiger partial charge in [-0.1, -0.05) is 0 Å². The molecule has 0 saturated carbocycles. The summed E-state index contributed by atoms with van der Waals surface area (Å²) in [7, 11) is 1.59. The maximum absolute atomic E-state index is 11.8. The summed E-state index contributed by atoms with van der Waals surface area (Å²) in [6.07, 6.45) is 1.31. The molecule has 0 amide bonds. The second-order valence-electron chi connectivity index (χ2n) is 4.78. The molecule has 6 nitrogen and oxygen atoms in total. The fourth-order valence-corrected chi connectivity index (χ4v) is 1.28. The van der Waals surface area contributed by atoms with Crippen molar-refractivity contribution in [2.45, 2.75) is 26.4 Å². The summed E-state index contributed by atoms with van der Waals surface area (Å²) in [4.78, 5) is 21.8. The van der Waals surface area contributed by atoms with Crippen LogP contribution in [0, 0.1) is 10.1 Å². The summed E-state index contributed by atoms with van der Waals surface area (Å²) in [5.41, 5.74) is -0.222. The van der Waals surface area contributed by atoms with Crippen molar-refractivity contribution in [2.75, 3.05) is 6.61 Å². The van der Waals surface area contributed by atoms with Crippen molar-refractivity contribution in [1.82, 2.24) is 4.57 Å². The molecule has 1 aromatic heterocycles. The number of carbonyl (C=O) groups excluding carboxylic acids is 1. The highest BCUT2D eigenvalue weighted by Crippen LogP contribution is 2.16. The SMILES string of the molecule is Cn1cc([N+](=O)[O-])cc1C(=O)COC(C)(C)C. The normalized spacial score (nSPS) is 11.5. The smallest absolute Gasteiger partial charge is 0.287 e. The molecule has 0 saturated heterocycles. The standard InChI is InChI=1S/C11H16N2O4/c1-11(2,3)17-7-10(14)9-5-8(13(15)16)6-12(9)4/h5-6H,7H2,1-4H3. The van der Waals surface area contributed by atoms with Gasteiger partial charge in [0.25, 0.3) is 5.69 Å². The van der Waals surface area contributed by atoms with Crippen LogP contribution in [0.2, 0.25) is 0 Å². The molecule has 0 aliphatic heterocycles. The molecule has 0 fully saturated rings. The van der Waals surface area contributed by atoms with Crippen LogP contribution in [-0.2, 0) is 11.8 Å². The van der Waals surface area contributed by atoms with Crippen LogP contribution in [0.15, 0.2) is 12.3 Å². The van der Waals surface area contributed by atoms with Crippen LogP contribution >= 0.6 is 0 Å².